The Balaban J connectivity index is 1.51. The number of hydrogen-bond donors (Lipinski definition) is 1. The third-order valence-corrected chi connectivity index (χ3v) is 5.84. The van der Waals surface area contributed by atoms with Crippen LogP contribution in [0.3, 0.4) is 0 Å². The summed E-state index contributed by atoms with van der Waals surface area (Å²) in [5.74, 6) is -0.229. The largest absolute Gasteiger partial charge is 0.327 e. The van der Waals surface area contributed by atoms with E-state index in [1.54, 1.807) is 16.2 Å². The lowest BCUT2D eigenvalue weighted by Gasteiger charge is -2.27. The zero-order chi connectivity index (χ0) is 15.4. The molecule has 1 N–H and O–H groups in total. The first-order valence-corrected chi connectivity index (χ1v) is 8.58. The molecule has 0 radical (unpaired) electrons. The summed E-state index contributed by atoms with van der Waals surface area (Å²) in [6.07, 6.45) is 2.87. The monoisotopic (exact) mass is 318 g/mol. The molecule has 0 unspecified atom stereocenters. The standard InChI is InChI=1S/C16H18N2O3S/c1-8-2-5-13(22-8)10-6-11(10)16(21)18(9-3-4-9)12-7-14(19)17-15(12)20/h2,5,9-12H,3-4,6-7H2,1H3,(H,17,19,20)/t10-,11-,12-/m1/s1. The van der Waals surface area contributed by atoms with Crippen LogP contribution >= 0.6 is 11.3 Å². The molecule has 2 saturated carbocycles. The lowest BCUT2D eigenvalue weighted by Crippen LogP contribution is -2.46. The highest BCUT2D eigenvalue weighted by Gasteiger charge is 2.52. The number of rotatable bonds is 4. The predicted molar refractivity (Wildman–Crippen MR) is 81.3 cm³/mol. The van der Waals surface area contributed by atoms with Gasteiger partial charge in [0.2, 0.25) is 17.7 Å². The molecule has 22 heavy (non-hydrogen) atoms. The van der Waals surface area contributed by atoms with Gasteiger partial charge in [-0.15, -0.1) is 11.3 Å². The van der Waals surface area contributed by atoms with Crippen LogP contribution in [0.4, 0.5) is 0 Å². The van der Waals surface area contributed by atoms with E-state index in [2.05, 4.69) is 24.4 Å². The summed E-state index contributed by atoms with van der Waals surface area (Å²) < 4.78 is 0. The number of aryl methyl sites for hydroxylation is 1. The van der Waals surface area contributed by atoms with Crippen LogP contribution in [0.5, 0.6) is 0 Å². The molecule has 0 bridgehead atoms. The molecule has 4 rings (SSSR count). The zero-order valence-corrected chi connectivity index (χ0v) is 13.2. The quantitative estimate of drug-likeness (QED) is 0.857. The molecule has 5 nitrogen and oxygen atoms in total. The maximum absolute atomic E-state index is 12.9. The molecular weight excluding hydrogens is 300 g/mol. The van der Waals surface area contributed by atoms with Crippen molar-refractivity contribution in [1.29, 1.82) is 0 Å². The van der Waals surface area contributed by atoms with E-state index >= 15 is 0 Å². The summed E-state index contributed by atoms with van der Waals surface area (Å²) in [7, 11) is 0. The number of carbonyl (C=O) groups excluding carboxylic acids is 3. The third-order valence-electron chi connectivity index (χ3n) is 4.71. The number of thiophene rings is 1. The van der Waals surface area contributed by atoms with E-state index in [0.717, 1.165) is 19.3 Å². The van der Waals surface area contributed by atoms with Crippen LogP contribution in [0, 0.1) is 12.8 Å². The van der Waals surface area contributed by atoms with E-state index in [4.69, 9.17) is 0 Å². The first kappa shape index (κ1) is 13.9. The molecule has 116 valence electrons. The fourth-order valence-corrected chi connectivity index (χ4v) is 4.39. The third kappa shape index (κ3) is 2.35. The second kappa shape index (κ2) is 4.91. The molecule has 1 aliphatic heterocycles. The molecule has 2 aliphatic carbocycles. The molecule has 3 atom stereocenters. The van der Waals surface area contributed by atoms with Gasteiger partial charge in [0.15, 0.2) is 0 Å². The maximum Gasteiger partial charge on any atom is 0.249 e. The highest BCUT2D eigenvalue weighted by Crippen LogP contribution is 2.51. The minimum atomic E-state index is -0.584. The summed E-state index contributed by atoms with van der Waals surface area (Å²) in [4.78, 5) is 40.5. The Morgan fingerprint density at radius 3 is 2.64 bits per heavy atom. The Bertz CT molecular complexity index is 664. The van der Waals surface area contributed by atoms with E-state index in [1.807, 2.05) is 0 Å². The number of nitrogens with zero attached hydrogens (tertiary/aromatic N) is 1. The lowest BCUT2D eigenvalue weighted by molar-refractivity contribution is -0.140. The number of hydrogen-bond acceptors (Lipinski definition) is 4. The van der Waals surface area contributed by atoms with Gasteiger partial charge in [-0.2, -0.15) is 0 Å². The summed E-state index contributed by atoms with van der Waals surface area (Å²) >= 11 is 1.74. The van der Waals surface area contributed by atoms with Crippen LogP contribution in [0.1, 0.15) is 41.4 Å². The molecule has 3 amide bonds. The zero-order valence-electron chi connectivity index (χ0n) is 12.4. The first-order chi connectivity index (χ1) is 10.5. The van der Waals surface area contributed by atoms with Gasteiger partial charge in [0.25, 0.3) is 0 Å². The Morgan fingerprint density at radius 2 is 2.09 bits per heavy atom. The van der Waals surface area contributed by atoms with Crippen molar-refractivity contribution in [2.45, 2.75) is 50.6 Å². The summed E-state index contributed by atoms with van der Waals surface area (Å²) in [6, 6.07) is 3.76. The maximum atomic E-state index is 12.9. The summed E-state index contributed by atoms with van der Waals surface area (Å²) in [5.41, 5.74) is 0. The van der Waals surface area contributed by atoms with Crippen LogP contribution in [0.25, 0.3) is 0 Å². The van der Waals surface area contributed by atoms with Gasteiger partial charge in [0.05, 0.1) is 6.42 Å². The Labute approximate surface area is 132 Å². The van der Waals surface area contributed by atoms with E-state index in [1.165, 1.54) is 9.75 Å². The highest BCUT2D eigenvalue weighted by molar-refractivity contribution is 7.12. The molecule has 0 aromatic carbocycles. The highest BCUT2D eigenvalue weighted by atomic mass is 32.1. The van der Waals surface area contributed by atoms with Crippen molar-refractivity contribution in [3.8, 4) is 0 Å². The Morgan fingerprint density at radius 1 is 1.32 bits per heavy atom. The van der Waals surface area contributed by atoms with E-state index in [9.17, 15) is 14.4 Å². The fourth-order valence-electron chi connectivity index (χ4n) is 3.33. The summed E-state index contributed by atoms with van der Waals surface area (Å²) in [5, 5.41) is 2.32. The topological polar surface area (TPSA) is 66.5 Å². The fraction of sp³-hybridized carbons (Fsp3) is 0.562. The molecule has 3 fully saturated rings. The normalized spacial score (nSPS) is 30.3. The lowest BCUT2D eigenvalue weighted by atomic mass is 10.1. The van der Waals surface area contributed by atoms with Crippen molar-refractivity contribution >= 4 is 29.1 Å². The Kier molecular flexibility index (Phi) is 3.11. The predicted octanol–water partition coefficient (Wildman–Crippen LogP) is 1.57. The van der Waals surface area contributed by atoms with Gasteiger partial charge in [-0.1, -0.05) is 0 Å². The molecule has 1 aromatic rings. The molecule has 1 saturated heterocycles. The van der Waals surface area contributed by atoms with Gasteiger partial charge < -0.3 is 4.90 Å². The van der Waals surface area contributed by atoms with Crippen molar-refractivity contribution in [2.24, 2.45) is 5.92 Å². The number of imide groups is 1. The van der Waals surface area contributed by atoms with Crippen molar-refractivity contribution in [2.75, 3.05) is 0 Å². The second-order valence-electron chi connectivity index (χ2n) is 6.51. The van der Waals surface area contributed by atoms with Crippen LogP contribution in [-0.2, 0) is 14.4 Å². The number of carbonyl (C=O) groups is 3. The second-order valence-corrected chi connectivity index (χ2v) is 7.83. The van der Waals surface area contributed by atoms with Crippen LogP contribution in [0.2, 0.25) is 0 Å². The molecule has 2 heterocycles. The SMILES string of the molecule is Cc1ccc([C@@H]2C[C@H]2C(=O)N(C2CC2)[C@@H]2CC(=O)NC2=O)s1. The molecule has 3 aliphatic rings. The minimum Gasteiger partial charge on any atom is -0.327 e. The smallest absolute Gasteiger partial charge is 0.249 e. The molecule has 6 heteroatoms. The van der Waals surface area contributed by atoms with Gasteiger partial charge in [-0.25, -0.2) is 0 Å². The Hall–Kier alpha value is -1.69. The van der Waals surface area contributed by atoms with Crippen molar-refractivity contribution < 1.29 is 14.4 Å². The van der Waals surface area contributed by atoms with Crippen LogP contribution < -0.4 is 5.32 Å². The van der Waals surface area contributed by atoms with Crippen molar-refractivity contribution in [3.05, 3.63) is 21.9 Å². The number of amides is 3. The van der Waals surface area contributed by atoms with Gasteiger partial charge >= 0.3 is 0 Å². The number of nitrogens with one attached hydrogen (secondary N) is 1. The van der Waals surface area contributed by atoms with Crippen LogP contribution in [0.15, 0.2) is 12.1 Å². The van der Waals surface area contributed by atoms with E-state index in [0.29, 0.717) is 5.92 Å². The van der Waals surface area contributed by atoms with Crippen LogP contribution in [-0.4, -0.2) is 34.7 Å². The molecular formula is C16H18N2O3S. The average Bonchev–Trinajstić information content (AvgIpc) is 3.36. The molecule has 1 aromatic heterocycles. The minimum absolute atomic E-state index is 0.0119. The average molecular weight is 318 g/mol. The van der Waals surface area contributed by atoms with E-state index in [-0.39, 0.29) is 36.1 Å². The summed E-state index contributed by atoms with van der Waals surface area (Å²) in [6.45, 7) is 2.07. The molecule has 0 spiro atoms. The van der Waals surface area contributed by atoms with Gasteiger partial charge in [-0.05, 0) is 38.3 Å². The van der Waals surface area contributed by atoms with Crippen molar-refractivity contribution in [1.82, 2.24) is 10.2 Å². The van der Waals surface area contributed by atoms with Gasteiger partial charge in [0.1, 0.15) is 6.04 Å². The van der Waals surface area contributed by atoms with Gasteiger partial charge in [0, 0.05) is 27.6 Å². The van der Waals surface area contributed by atoms with E-state index < -0.39 is 6.04 Å². The first-order valence-electron chi connectivity index (χ1n) is 7.77. The van der Waals surface area contributed by atoms with Crippen molar-refractivity contribution in [3.63, 3.8) is 0 Å². The van der Waals surface area contributed by atoms with Gasteiger partial charge in [-0.3, -0.25) is 19.7 Å².